The summed E-state index contributed by atoms with van der Waals surface area (Å²) in [6, 6.07) is 19.2. The Morgan fingerprint density at radius 1 is 1.13 bits per heavy atom. The van der Waals surface area contributed by atoms with Crippen molar-refractivity contribution < 1.29 is 4.79 Å². The summed E-state index contributed by atoms with van der Waals surface area (Å²) in [4.78, 5) is 34.9. The fourth-order valence-corrected chi connectivity index (χ4v) is 5.31. The standard InChI is InChI=1S/C23H21N3O2S2/c1-3-17(20(27)24-16-12-8-5-9-13-16)30-23-25-21(28)19-18(14(2)29-22(19)26-23)15-10-6-4-7-11-15/h4-13,17H,3H2,1-2H3,(H,24,27)(H,25,26,28). The lowest BCUT2D eigenvalue weighted by Crippen LogP contribution is -2.25. The molecule has 5 nitrogen and oxygen atoms in total. The van der Waals surface area contributed by atoms with Crippen LogP contribution in [0.5, 0.6) is 0 Å². The van der Waals surface area contributed by atoms with Crippen LogP contribution in [0.1, 0.15) is 18.2 Å². The van der Waals surface area contributed by atoms with Gasteiger partial charge < -0.3 is 10.3 Å². The Morgan fingerprint density at radius 3 is 2.47 bits per heavy atom. The van der Waals surface area contributed by atoms with E-state index in [9.17, 15) is 9.59 Å². The smallest absolute Gasteiger partial charge is 0.260 e. The van der Waals surface area contributed by atoms with Crippen molar-refractivity contribution in [2.24, 2.45) is 0 Å². The molecule has 30 heavy (non-hydrogen) atoms. The Bertz CT molecular complexity index is 1230. The molecule has 2 aromatic heterocycles. The van der Waals surface area contributed by atoms with Gasteiger partial charge in [0.1, 0.15) is 4.83 Å². The van der Waals surface area contributed by atoms with Crippen LogP contribution < -0.4 is 10.9 Å². The molecule has 4 aromatic rings. The number of benzene rings is 2. The highest BCUT2D eigenvalue weighted by atomic mass is 32.2. The molecule has 0 bridgehead atoms. The number of anilines is 1. The summed E-state index contributed by atoms with van der Waals surface area (Å²) >= 11 is 2.79. The average molecular weight is 436 g/mol. The van der Waals surface area contributed by atoms with Crippen LogP contribution in [-0.4, -0.2) is 21.1 Å². The number of nitrogens with zero attached hydrogens (tertiary/aromatic N) is 1. The maximum Gasteiger partial charge on any atom is 0.260 e. The van der Waals surface area contributed by atoms with Crippen molar-refractivity contribution >= 4 is 44.9 Å². The van der Waals surface area contributed by atoms with Gasteiger partial charge in [-0.05, 0) is 31.0 Å². The van der Waals surface area contributed by atoms with Gasteiger partial charge in [-0.25, -0.2) is 4.98 Å². The third-order valence-corrected chi connectivity index (χ3v) is 6.98. The largest absolute Gasteiger partial charge is 0.325 e. The van der Waals surface area contributed by atoms with Crippen LogP contribution in [0.25, 0.3) is 21.3 Å². The summed E-state index contributed by atoms with van der Waals surface area (Å²) in [5, 5.41) is 3.63. The molecule has 0 fully saturated rings. The zero-order chi connectivity index (χ0) is 21.1. The maximum absolute atomic E-state index is 12.9. The molecule has 1 amide bonds. The fraction of sp³-hybridized carbons (Fsp3) is 0.174. The number of thiophene rings is 1. The number of hydrogen-bond donors (Lipinski definition) is 2. The van der Waals surface area contributed by atoms with Crippen molar-refractivity contribution in [3.05, 3.63) is 75.9 Å². The third-order valence-electron chi connectivity index (χ3n) is 4.74. The molecular formula is C23H21N3O2S2. The third kappa shape index (κ3) is 4.17. The van der Waals surface area contributed by atoms with E-state index in [1.807, 2.05) is 74.5 Å². The molecule has 2 heterocycles. The normalized spacial score (nSPS) is 12.1. The number of hydrogen-bond acceptors (Lipinski definition) is 5. The highest BCUT2D eigenvalue weighted by Crippen LogP contribution is 2.36. The summed E-state index contributed by atoms with van der Waals surface area (Å²) < 4.78 is 0. The molecular weight excluding hydrogens is 414 g/mol. The van der Waals surface area contributed by atoms with Crippen LogP contribution in [0.15, 0.2) is 70.6 Å². The highest BCUT2D eigenvalue weighted by molar-refractivity contribution is 8.00. The van der Waals surface area contributed by atoms with Gasteiger partial charge in [0.2, 0.25) is 5.91 Å². The number of fused-ring (bicyclic) bond motifs is 1. The number of thioether (sulfide) groups is 1. The molecule has 4 rings (SSSR count). The minimum Gasteiger partial charge on any atom is -0.325 e. The Hall–Kier alpha value is -2.90. The lowest BCUT2D eigenvalue weighted by atomic mass is 10.0. The molecule has 1 unspecified atom stereocenters. The second kappa shape index (κ2) is 8.85. The second-order valence-electron chi connectivity index (χ2n) is 6.82. The number of aromatic nitrogens is 2. The van der Waals surface area contributed by atoms with E-state index in [-0.39, 0.29) is 16.7 Å². The SMILES string of the molecule is CCC(Sc1nc2sc(C)c(-c3ccccc3)c2c(=O)[nH]1)C(=O)Nc1ccccc1. The van der Waals surface area contributed by atoms with Crippen molar-refractivity contribution in [2.75, 3.05) is 5.32 Å². The van der Waals surface area contributed by atoms with E-state index in [1.54, 1.807) is 0 Å². The predicted molar refractivity (Wildman–Crippen MR) is 125 cm³/mol. The highest BCUT2D eigenvalue weighted by Gasteiger charge is 2.22. The van der Waals surface area contributed by atoms with Gasteiger partial charge in [0, 0.05) is 16.1 Å². The number of rotatable bonds is 6. The van der Waals surface area contributed by atoms with E-state index >= 15 is 0 Å². The van der Waals surface area contributed by atoms with Gasteiger partial charge in [-0.3, -0.25) is 9.59 Å². The first kappa shape index (κ1) is 20.4. The molecule has 2 N–H and O–H groups in total. The number of carbonyl (C=O) groups is 1. The molecule has 2 aromatic carbocycles. The molecule has 152 valence electrons. The molecule has 0 spiro atoms. The molecule has 1 atom stereocenters. The summed E-state index contributed by atoms with van der Waals surface area (Å²) in [5.41, 5.74) is 2.50. The van der Waals surface area contributed by atoms with E-state index in [1.165, 1.54) is 23.1 Å². The average Bonchev–Trinajstić information content (AvgIpc) is 3.09. The first-order valence-electron chi connectivity index (χ1n) is 9.68. The van der Waals surface area contributed by atoms with Gasteiger partial charge in [0.25, 0.3) is 5.56 Å². The maximum atomic E-state index is 12.9. The number of amides is 1. The van der Waals surface area contributed by atoms with Crippen molar-refractivity contribution in [1.29, 1.82) is 0 Å². The van der Waals surface area contributed by atoms with E-state index in [0.29, 0.717) is 21.8 Å². The van der Waals surface area contributed by atoms with E-state index in [2.05, 4.69) is 15.3 Å². The summed E-state index contributed by atoms with van der Waals surface area (Å²) in [5.74, 6) is -0.108. The number of aromatic amines is 1. The molecule has 0 aliphatic rings. The first-order chi connectivity index (χ1) is 14.6. The quantitative estimate of drug-likeness (QED) is 0.311. The van der Waals surface area contributed by atoms with Crippen LogP contribution in [0, 0.1) is 6.92 Å². The van der Waals surface area contributed by atoms with Gasteiger partial charge in [0.15, 0.2) is 5.16 Å². The molecule has 7 heteroatoms. The molecule has 0 saturated heterocycles. The first-order valence-corrected chi connectivity index (χ1v) is 11.4. The summed E-state index contributed by atoms with van der Waals surface area (Å²) in [6.45, 7) is 3.95. The lowest BCUT2D eigenvalue weighted by Gasteiger charge is -2.14. The van der Waals surface area contributed by atoms with Crippen molar-refractivity contribution in [2.45, 2.75) is 30.7 Å². The number of para-hydroxylation sites is 1. The Morgan fingerprint density at radius 2 is 1.80 bits per heavy atom. The lowest BCUT2D eigenvalue weighted by molar-refractivity contribution is -0.115. The summed E-state index contributed by atoms with van der Waals surface area (Å²) in [7, 11) is 0. The van der Waals surface area contributed by atoms with E-state index in [4.69, 9.17) is 0 Å². The van der Waals surface area contributed by atoms with Crippen molar-refractivity contribution in [3.8, 4) is 11.1 Å². The topological polar surface area (TPSA) is 74.8 Å². The fourth-order valence-electron chi connectivity index (χ4n) is 3.31. The zero-order valence-corrected chi connectivity index (χ0v) is 18.3. The zero-order valence-electron chi connectivity index (χ0n) is 16.6. The van der Waals surface area contributed by atoms with Gasteiger partial charge in [-0.15, -0.1) is 11.3 Å². The number of nitrogens with one attached hydrogen (secondary N) is 2. The monoisotopic (exact) mass is 435 g/mol. The molecule has 0 aliphatic carbocycles. The van der Waals surface area contributed by atoms with Crippen LogP contribution in [0.4, 0.5) is 5.69 Å². The van der Waals surface area contributed by atoms with Gasteiger partial charge in [0.05, 0.1) is 10.6 Å². The molecule has 0 radical (unpaired) electrons. The van der Waals surface area contributed by atoms with E-state index < -0.39 is 0 Å². The van der Waals surface area contributed by atoms with Gasteiger partial charge >= 0.3 is 0 Å². The summed E-state index contributed by atoms with van der Waals surface area (Å²) in [6.07, 6.45) is 0.615. The minimum atomic E-state index is -0.361. The van der Waals surface area contributed by atoms with Gasteiger partial charge in [-0.2, -0.15) is 0 Å². The number of carbonyl (C=O) groups excluding carboxylic acids is 1. The van der Waals surface area contributed by atoms with E-state index in [0.717, 1.165) is 21.7 Å². The van der Waals surface area contributed by atoms with Crippen LogP contribution in [0.3, 0.4) is 0 Å². The number of aryl methyl sites for hydroxylation is 1. The van der Waals surface area contributed by atoms with Crippen LogP contribution >= 0.6 is 23.1 Å². The molecule has 0 aliphatic heterocycles. The Balaban J connectivity index is 1.63. The van der Waals surface area contributed by atoms with Crippen LogP contribution in [-0.2, 0) is 4.79 Å². The minimum absolute atomic E-state index is 0.108. The Labute approximate surface area is 182 Å². The predicted octanol–water partition coefficient (Wildman–Crippen LogP) is 5.47. The van der Waals surface area contributed by atoms with Crippen molar-refractivity contribution in [1.82, 2.24) is 9.97 Å². The van der Waals surface area contributed by atoms with Crippen LogP contribution in [0.2, 0.25) is 0 Å². The van der Waals surface area contributed by atoms with Gasteiger partial charge in [-0.1, -0.05) is 67.2 Å². The molecule has 0 saturated carbocycles. The Kier molecular flexibility index (Phi) is 6.01. The number of H-pyrrole nitrogens is 1. The second-order valence-corrected chi connectivity index (χ2v) is 9.22. The van der Waals surface area contributed by atoms with Crippen molar-refractivity contribution in [3.63, 3.8) is 0 Å².